The van der Waals surface area contributed by atoms with E-state index in [2.05, 4.69) is 15.6 Å². The Morgan fingerprint density at radius 2 is 2.19 bits per heavy atom. The number of nitrogens with one attached hydrogen (secondary N) is 2. The van der Waals surface area contributed by atoms with E-state index in [4.69, 9.17) is 9.47 Å². The molecule has 0 saturated heterocycles. The summed E-state index contributed by atoms with van der Waals surface area (Å²) in [6, 6.07) is 6.18. The number of methoxy groups -OCH3 is 2. The maximum Gasteiger partial charge on any atom is 0.338 e. The molecule has 0 radical (unpaired) electrons. The molecule has 27 heavy (non-hydrogen) atoms. The standard InChI is InChI=1S/C18H20N4O4S/c1-22-8-7-19-18(22)27-10-13-14(16(23)26-3)15(21-17(24)20-13)11-5-4-6-12(9-11)25-2/h4-9,15H,10H2,1-3H3,(H2,20,21,24)/t15-/m0/s1. The Morgan fingerprint density at radius 3 is 2.85 bits per heavy atom. The summed E-state index contributed by atoms with van der Waals surface area (Å²) in [6.45, 7) is 0. The number of hydrogen-bond acceptors (Lipinski definition) is 6. The average Bonchev–Trinajstić information content (AvgIpc) is 3.10. The van der Waals surface area contributed by atoms with E-state index in [1.54, 1.807) is 31.5 Å². The summed E-state index contributed by atoms with van der Waals surface area (Å²) in [5.41, 5.74) is 1.57. The molecule has 0 aliphatic carbocycles. The van der Waals surface area contributed by atoms with E-state index in [0.29, 0.717) is 22.8 Å². The van der Waals surface area contributed by atoms with Crippen LogP contribution < -0.4 is 15.4 Å². The lowest BCUT2D eigenvalue weighted by atomic mass is 9.95. The highest BCUT2D eigenvalue weighted by atomic mass is 32.2. The third kappa shape index (κ3) is 4.08. The molecule has 1 aliphatic heterocycles. The minimum absolute atomic E-state index is 0.354. The number of nitrogens with zero attached hydrogens (tertiary/aromatic N) is 2. The van der Waals surface area contributed by atoms with Crippen LogP contribution >= 0.6 is 11.8 Å². The van der Waals surface area contributed by atoms with Crippen molar-refractivity contribution < 1.29 is 19.1 Å². The van der Waals surface area contributed by atoms with E-state index in [-0.39, 0.29) is 6.03 Å². The predicted octanol–water partition coefficient (Wildman–Crippen LogP) is 2.00. The summed E-state index contributed by atoms with van der Waals surface area (Å²) >= 11 is 1.42. The molecule has 1 aromatic carbocycles. The van der Waals surface area contributed by atoms with Crippen molar-refractivity contribution in [3.05, 3.63) is 53.5 Å². The highest BCUT2D eigenvalue weighted by Gasteiger charge is 2.33. The largest absolute Gasteiger partial charge is 0.497 e. The van der Waals surface area contributed by atoms with Crippen LogP contribution in [0.25, 0.3) is 0 Å². The summed E-state index contributed by atoms with van der Waals surface area (Å²) in [5.74, 6) is 0.489. The maximum absolute atomic E-state index is 12.5. The molecule has 2 N–H and O–H groups in total. The van der Waals surface area contributed by atoms with Gasteiger partial charge in [-0.3, -0.25) is 0 Å². The number of aryl methyl sites for hydroxylation is 1. The van der Waals surface area contributed by atoms with Crippen molar-refractivity contribution in [2.75, 3.05) is 20.0 Å². The highest BCUT2D eigenvalue weighted by Crippen LogP contribution is 2.31. The number of ether oxygens (including phenoxy) is 2. The van der Waals surface area contributed by atoms with E-state index in [1.165, 1.54) is 18.9 Å². The summed E-state index contributed by atoms with van der Waals surface area (Å²) in [5, 5.41) is 6.30. The first-order valence-corrected chi connectivity index (χ1v) is 9.15. The number of carbonyl (C=O) groups excluding carboxylic acids is 2. The molecular formula is C18H20N4O4S. The van der Waals surface area contributed by atoms with Gasteiger partial charge < -0.3 is 24.7 Å². The molecule has 142 valence electrons. The van der Waals surface area contributed by atoms with Crippen LogP contribution in [0.5, 0.6) is 5.75 Å². The van der Waals surface area contributed by atoms with Gasteiger partial charge in [-0.05, 0) is 17.7 Å². The van der Waals surface area contributed by atoms with Crippen LogP contribution in [-0.4, -0.2) is 41.5 Å². The minimum atomic E-state index is -0.640. The van der Waals surface area contributed by atoms with Gasteiger partial charge in [-0.1, -0.05) is 23.9 Å². The highest BCUT2D eigenvalue weighted by molar-refractivity contribution is 7.99. The van der Waals surface area contributed by atoms with Crippen LogP contribution in [0.4, 0.5) is 4.79 Å². The zero-order chi connectivity index (χ0) is 19.4. The van der Waals surface area contributed by atoms with Gasteiger partial charge in [-0.2, -0.15) is 0 Å². The van der Waals surface area contributed by atoms with Gasteiger partial charge in [0.15, 0.2) is 5.16 Å². The molecule has 0 unspecified atom stereocenters. The molecule has 1 aliphatic rings. The molecule has 0 bridgehead atoms. The Morgan fingerprint density at radius 1 is 1.37 bits per heavy atom. The monoisotopic (exact) mass is 388 g/mol. The van der Waals surface area contributed by atoms with Gasteiger partial charge in [0.05, 0.1) is 25.8 Å². The van der Waals surface area contributed by atoms with Crippen molar-refractivity contribution in [1.29, 1.82) is 0 Å². The Hall–Kier alpha value is -2.94. The van der Waals surface area contributed by atoms with E-state index in [1.807, 2.05) is 23.9 Å². The fourth-order valence-electron chi connectivity index (χ4n) is 2.78. The molecule has 0 saturated carbocycles. The summed E-state index contributed by atoms with van der Waals surface area (Å²) in [7, 11) is 4.76. The smallest absolute Gasteiger partial charge is 0.338 e. The molecule has 0 spiro atoms. The van der Waals surface area contributed by atoms with Crippen LogP contribution in [0.2, 0.25) is 0 Å². The van der Waals surface area contributed by atoms with Gasteiger partial charge in [0.1, 0.15) is 5.75 Å². The number of aromatic nitrogens is 2. The number of hydrogen-bond donors (Lipinski definition) is 2. The van der Waals surface area contributed by atoms with E-state index >= 15 is 0 Å². The van der Waals surface area contributed by atoms with Gasteiger partial charge in [0.2, 0.25) is 0 Å². The van der Waals surface area contributed by atoms with Crippen molar-refractivity contribution in [2.24, 2.45) is 7.05 Å². The molecule has 0 fully saturated rings. The molecule has 8 nitrogen and oxygen atoms in total. The third-order valence-electron chi connectivity index (χ3n) is 4.11. The topological polar surface area (TPSA) is 94.5 Å². The first kappa shape index (κ1) is 18.8. The Balaban J connectivity index is 1.98. The number of carbonyl (C=O) groups is 2. The lowest BCUT2D eigenvalue weighted by Crippen LogP contribution is -2.46. The summed E-state index contributed by atoms with van der Waals surface area (Å²) in [4.78, 5) is 29.0. The fourth-order valence-corrected chi connectivity index (χ4v) is 3.68. The SMILES string of the molecule is COC(=O)C1=C(CSc2nccn2C)NC(=O)N[C@H]1c1cccc(OC)c1. The quantitative estimate of drug-likeness (QED) is 0.581. The minimum Gasteiger partial charge on any atom is -0.497 e. The van der Waals surface area contributed by atoms with Crippen molar-refractivity contribution in [2.45, 2.75) is 11.2 Å². The lowest BCUT2D eigenvalue weighted by molar-refractivity contribution is -0.136. The van der Waals surface area contributed by atoms with Crippen LogP contribution in [0.1, 0.15) is 11.6 Å². The molecule has 2 amide bonds. The second kappa shape index (κ2) is 8.17. The zero-order valence-electron chi connectivity index (χ0n) is 15.2. The Bertz CT molecular complexity index is 893. The number of amides is 2. The van der Waals surface area contributed by atoms with Crippen LogP contribution in [-0.2, 0) is 16.6 Å². The first-order valence-electron chi connectivity index (χ1n) is 8.16. The summed E-state index contributed by atoms with van der Waals surface area (Å²) in [6.07, 6.45) is 3.52. The number of esters is 1. The van der Waals surface area contributed by atoms with Crippen LogP contribution in [0.15, 0.2) is 53.1 Å². The van der Waals surface area contributed by atoms with Gasteiger partial charge in [-0.15, -0.1) is 0 Å². The van der Waals surface area contributed by atoms with Gasteiger partial charge in [-0.25, -0.2) is 14.6 Å². The maximum atomic E-state index is 12.5. The number of imidazole rings is 1. The Kier molecular flexibility index (Phi) is 5.70. The Labute approximate surface area is 160 Å². The predicted molar refractivity (Wildman–Crippen MR) is 100 cm³/mol. The molecule has 3 rings (SSSR count). The van der Waals surface area contributed by atoms with Crippen molar-refractivity contribution in [3.8, 4) is 5.75 Å². The molecule has 9 heteroatoms. The van der Waals surface area contributed by atoms with E-state index in [9.17, 15) is 9.59 Å². The van der Waals surface area contributed by atoms with Crippen molar-refractivity contribution >= 4 is 23.8 Å². The number of benzene rings is 1. The number of urea groups is 1. The number of thioether (sulfide) groups is 1. The van der Waals surface area contributed by atoms with Gasteiger partial charge >= 0.3 is 12.0 Å². The molecule has 2 aromatic rings. The van der Waals surface area contributed by atoms with Crippen LogP contribution in [0, 0.1) is 0 Å². The summed E-state index contributed by atoms with van der Waals surface area (Å²) < 4.78 is 12.1. The molecule has 2 heterocycles. The fraction of sp³-hybridized carbons (Fsp3) is 0.278. The van der Waals surface area contributed by atoms with Crippen molar-refractivity contribution in [3.63, 3.8) is 0 Å². The van der Waals surface area contributed by atoms with Crippen molar-refractivity contribution in [1.82, 2.24) is 20.2 Å². The van der Waals surface area contributed by atoms with Gasteiger partial charge in [0.25, 0.3) is 0 Å². The second-order valence-corrected chi connectivity index (χ2v) is 6.74. The van der Waals surface area contributed by atoms with Gasteiger partial charge in [0, 0.05) is 30.9 Å². The van der Waals surface area contributed by atoms with E-state index < -0.39 is 12.0 Å². The van der Waals surface area contributed by atoms with Crippen LogP contribution in [0.3, 0.4) is 0 Å². The average molecular weight is 388 g/mol. The lowest BCUT2D eigenvalue weighted by Gasteiger charge is -2.29. The molecule has 1 aromatic heterocycles. The van der Waals surface area contributed by atoms with E-state index in [0.717, 1.165) is 10.7 Å². The third-order valence-corrected chi connectivity index (χ3v) is 5.19. The second-order valence-electron chi connectivity index (χ2n) is 5.80. The zero-order valence-corrected chi connectivity index (χ0v) is 16.0. The molecule has 1 atom stereocenters. The molecular weight excluding hydrogens is 368 g/mol. The first-order chi connectivity index (χ1) is 13.0. The number of rotatable bonds is 6. The normalized spacial score (nSPS) is 16.6.